The maximum absolute atomic E-state index is 13.7. The molecular formula is C22H22F6O. The molecule has 0 saturated heterocycles. The van der Waals surface area contributed by atoms with Gasteiger partial charge >= 0.3 is 5.92 Å². The Morgan fingerprint density at radius 1 is 0.828 bits per heavy atom. The van der Waals surface area contributed by atoms with E-state index in [1.54, 1.807) is 0 Å². The molecule has 0 bridgehead atoms. The van der Waals surface area contributed by atoms with E-state index in [1.807, 2.05) is 0 Å². The van der Waals surface area contributed by atoms with E-state index in [-0.39, 0.29) is 24.0 Å². The first-order valence-corrected chi connectivity index (χ1v) is 9.41. The smallest absolute Gasteiger partial charge is 0.304 e. The lowest BCUT2D eigenvalue weighted by Crippen LogP contribution is -2.33. The fourth-order valence-corrected chi connectivity index (χ4v) is 3.14. The van der Waals surface area contributed by atoms with Crippen LogP contribution in [0.5, 0.6) is 0 Å². The second-order valence-electron chi connectivity index (χ2n) is 7.88. The molecule has 0 radical (unpaired) electrons. The summed E-state index contributed by atoms with van der Waals surface area (Å²) in [5.74, 6) is -8.83. The van der Waals surface area contributed by atoms with Crippen LogP contribution in [0.3, 0.4) is 0 Å². The first kappa shape index (κ1) is 21.7. The van der Waals surface area contributed by atoms with E-state index in [9.17, 15) is 31.4 Å². The minimum absolute atomic E-state index is 0.0212. The summed E-state index contributed by atoms with van der Waals surface area (Å²) in [6.07, 6.45) is 1.04. The summed E-state index contributed by atoms with van der Waals surface area (Å²) in [5.41, 5.74) is -2.75. The SMILES string of the molecule is Cc1cccc(C(F)(F)C2(O)CC2)c1F.Cc1cccc(C(F)(F)C2CC2)c1F. The first-order chi connectivity index (χ1) is 13.4. The summed E-state index contributed by atoms with van der Waals surface area (Å²) in [7, 11) is 0. The highest BCUT2D eigenvalue weighted by molar-refractivity contribution is 5.32. The molecule has 0 unspecified atom stereocenters. The third-order valence-electron chi connectivity index (χ3n) is 5.48. The predicted molar refractivity (Wildman–Crippen MR) is 97.0 cm³/mol. The largest absolute Gasteiger partial charge is 0.383 e. The number of aryl methyl sites for hydroxylation is 2. The summed E-state index contributed by atoms with van der Waals surface area (Å²) in [6, 6.07) is 7.98. The summed E-state index contributed by atoms with van der Waals surface area (Å²) < 4.78 is 81.3. The maximum Gasteiger partial charge on any atom is 0.304 e. The highest BCUT2D eigenvalue weighted by Gasteiger charge is 2.62. The molecule has 2 aliphatic rings. The molecule has 1 N–H and O–H groups in total. The number of alkyl halides is 4. The zero-order chi connectivity index (χ0) is 21.6. The normalized spacial score (nSPS) is 18.1. The van der Waals surface area contributed by atoms with Crippen LogP contribution < -0.4 is 0 Å². The average Bonchev–Trinajstić information content (AvgIpc) is 3.55. The summed E-state index contributed by atoms with van der Waals surface area (Å²) in [4.78, 5) is 0. The van der Waals surface area contributed by atoms with Gasteiger partial charge in [0.2, 0.25) is 0 Å². The van der Waals surface area contributed by atoms with E-state index < -0.39 is 46.1 Å². The van der Waals surface area contributed by atoms with Crippen LogP contribution in [0.4, 0.5) is 26.3 Å². The lowest BCUT2D eigenvalue weighted by Gasteiger charge is -2.23. The second-order valence-corrected chi connectivity index (χ2v) is 7.88. The molecule has 158 valence electrons. The number of hydrogen-bond acceptors (Lipinski definition) is 1. The minimum Gasteiger partial charge on any atom is -0.383 e. The molecule has 2 saturated carbocycles. The lowest BCUT2D eigenvalue weighted by atomic mass is 9.99. The molecule has 2 aliphatic carbocycles. The summed E-state index contributed by atoms with van der Waals surface area (Å²) >= 11 is 0. The molecule has 0 aromatic heterocycles. The third kappa shape index (κ3) is 4.02. The van der Waals surface area contributed by atoms with Crippen molar-refractivity contribution in [2.45, 2.75) is 57.0 Å². The van der Waals surface area contributed by atoms with Gasteiger partial charge in [0.25, 0.3) is 5.92 Å². The van der Waals surface area contributed by atoms with Crippen molar-refractivity contribution >= 4 is 0 Å². The quantitative estimate of drug-likeness (QED) is 0.573. The van der Waals surface area contributed by atoms with Crippen LogP contribution in [0.25, 0.3) is 0 Å². The third-order valence-corrected chi connectivity index (χ3v) is 5.48. The van der Waals surface area contributed by atoms with Gasteiger partial charge in [-0.1, -0.05) is 30.3 Å². The molecule has 0 atom stereocenters. The van der Waals surface area contributed by atoms with Crippen LogP contribution in [0.1, 0.15) is 47.9 Å². The Balaban J connectivity index is 0.000000166. The Bertz CT molecular complexity index is 900. The van der Waals surface area contributed by atoms with E-state index in [4.69, 9.17) is 0 Å². The van der Waals surface area contributed by atoms with Gasteiger partial charge in [-0.05, 0) is 56.7 Å². The monoisotopic (exact) mass is 416 g/mol. The van der Waals surface area contributed by atoms with E-state index in [0.29, 0.717) is 12.8 Å². The van der Waals surface area contributed by atoms with Gasteiger partial charge in [0, 0.05) is 5.92 Å². The molecule has 0 amide bonds. The molecular weight excluding hydrogens is 394 g/mol. The number of rotatable bonds is 4. The van der Waals surface area contributed by atoms with Crippen molar-refractivity contribution in [3.63, 3.8) is 0 Å². The van der Waals surface area contributed by atoms with Crippen LogP contribution in [0, 0.1) is 31.4 Å². The number of benzene rings is 2. The standard InChI is InChI=1S/C11H11F3O.C11H11F3/c1-7-3-2-4-8(9(7)12)11(13,14)10(15)5-6-10;1-7-3-2-4-9(10(7)12)11(13,14)8-5-6-8/h2-4,15H,5-6H2,1H3;2-4,8H,5-6H2,1H3. The van der Waals surface area contributed by atoms with Gasteiger partial charge in [-0.25, -0.2) is 17.6 Å². The van der Waals surface area contributed by atoms with Crippen LogP contribution >= 0.6 is 0 Å². The molecule has 29 heavy (non-hydrogen) atoms. The number of halogens is 6. The highest BCUT2D eigenvalue weighted by Crippen LogP contribution is 2.54. The fourth-order valence-electron chi connectivity index (χ4n) is 3.14. The van der Waals surface area contributed by atoms with Gasteiger partial charge in [-0.15, -0.1) is 0 Å². The molecule has 1 nitrogen and oxygen atoms in total. The molecule has 7 heteroatoms. The van der Waals surface area contributed by atoms with Gasteiger partial charge in [0.05, 0.1) is 11.1 Å². The second kappa shape index (κ2) is 7.35. The van der Waals surface area contributed by atoms with E-state index in [1.165, 1.54) is 44.2 Å². The minimum atomic E-state index is -3.50. The Morgan fingerprint density at radius 3 is 1.72 bits per heavy atom. The van der Waals surface area contributed by atoms with Gasteiger partial charge in [0.15, 0.2) is 0 Å². The van der Waals surface area contributed by atoms with Crippen molar-refractivity contribution in [2.75, 3.05) is 0 Å². The van der Waals surface area contributed by atoms with Crippen LogP contribution in [0.2, 0.25) is 0 Å². The van der Waals surface area contributed by atoms with Gasteiger partial charge in [-0.3, -0.25) is 0 Å². The maximum atomic E-state index is 13.7. The van der Waals surface area contributed by atoms with E-state index >= 15 is 0 Å². The van der Waals surface area contributed by atoms with Gasteiger partial charge in [-0.2, -0.15) is 8.78 Å². The van der Waals surface area contributed by atoms with E-state index in [2.05, 4.69) is 0 Å². The Morgan fingerprint density at radius 2 is 1.28 bits per heavy atom. The number of aliphatic hydroxyl groups is 1. The van der Waals surface area contributed by atoms with Crippen molar-refractivity contribution in [3.05, 3.63) is 70.3 Å². The molecule has 2 fully saturated rings. The van der Waals surface area contributed by atoms with Crippen molar-refractivity contribution < 1.29 is 31.4 Å². The van der Waals surface area contributed by atoms with Crippen molar-refractivity contribution in [3.8, 4) is 0 Å². The lowest BCUT2D eigenvalue weighted by molar-refractivity contribution is -0.134. The van der Waals surface area contributed by atoms with Crippen LogP contribution in [0.15, 0.2) is 36.4 Å². The summed E-state index contributed by atoms with van der Waals surface area (Å²) in [5, 5.41) is 9.41. The van der Waals surface area contributed by atoms with Crippen molar-refractivity contribution in [2.24, 2.45) is 5.92 Å². The zero-order valence-corrected chi connectivity index (χ0v) is 16.1. The van der Waals surface area contributed by atoms with Crippen LogP contribution in [-0.2, 0) is 11.8 Å². The van der Waals surface area contributed by atoms with Gasteiger partial charge < -0.3 is 5.11 Å². The van der Waals surface area contributed by atoms with E-state index in [0.717, 1.165) is 6.07 Å². The van der Waals surface area contributed by atoms with Gasteiger partial charge in [0.1, 0.15) is 17.2 Å². The Hall–Kier alpha value is -2.02. The van der Waals surface area contributed by atoms with Crippen molar-refractivity contribution in [1.82, 2.24) is 0 Å². The number of hydrogen-bond donors (Lipinski definition) is 1. The fraction of sp³-hybridized carbons (Fsp3) is 0.455. The molecule has 0 spiro atoms. The molecule has 4 rings (SSSR count). The first-order valence-electron chi connectivity index (χ1n) is 9.41. The summed E-state index contributed by atoms with van der Waals surface area (Å²) in [6.45, 7) is 2.92. The molecule has 0 heterocycles. The molecule has 2 aromatic rings. The Kier molecular flexibility index (Phi) is 5.49. The predicted octanol–water partition coefficient (Wildman–Crippen LogP) is 6.39. The highest BCUT2D eigenvalue weighted by atomic mass is 19.3. The zero-order valence-electron chi connectivity index (χ0n) is 16.1. The van der Waals surface area contributed by atoms with Crippen molar-refractivity contribution in [1.29, 1.82) is 0 Å². The Labute approximate surface area is 165 Å². The molecule has 0 aliphatic heterocycles. The molecule has 2 aromatic carbocycles. The average molecular weight is 416 g/mol. The van der Waals surface area contributed by atoms with Crippen LogP contribution in [-0.4, -0.2) is 10.7 Å². The topological polar surface area (TPSA) is 20.2 Å².